The minimum absolute atomic E-state index is 0.0971. The Kier molecular flexibility index (Phi) is 6.26. The quantitative estimate of drug-likeness (QED) is 0.640. The maximum atomic E-state index is 9.04. The summed E-state index contributed by atoms with van der Waals surface area (Å²) in [6, 6.07) is 2.52. The zero-order chi connectivity index (χ0) is 14.4. The third kappa shape index (κ3) is 5.17. The van der Waals surface area contributed by atoms with Crippen LogP contribution >= 0.6 is 11.8 Å². The van der Waals surface area contributed by atoms with Crippen molar-refractivity contribution in [3.8, 4) is 6.07 Å². The van der Waals surface area contributed by atoms with Gasteiger partial charge in [-0.25, -0.2) is 9.97 Å². The number of hydrogen-bond donors (Lipinski definition) is 1. The van der Waals surface area contributed by atoms with Gasteiger partial charge >= 0.3 is 0 Å². The molecule has 0 aliphatic carbocycles. The fourth-order valence-electron chi connectivity index (χ4n) is 1.66. The van der Waals surface area contributed by atoms with Gasteiger partial charge in [-0.3, -0.25) is 5.32 Å². The molecule has 5 heteroatoms. The fraction of sp³-hybridized carbons (Fsp3) is 0.643. The molecular weight excluding hydrogens is 256 g/mol. The smallest absolute Gasteiger partial charge is 0.187 e. The summed E-state index contributed by atoms with van der Waals surface area (Å²) in [4.78, 5) is 8.93. The van der Waals surface area contributed by atoms with Gasteiger partial charge in [0.05, 0.1) is 12.1 Å². The zero-order valence-electron chi connectivity index (χ0n) is 12.3. The molecule has 1 aromatic rings. The lowest BCUT2D eigenvalue weighted by atomic mass is 10.2. The van der Waals surface area contributed by atoms with E-state index in [2.05, 4.69) is 21.4 Å². The first-order valence-corrected chi connectivity index (χ1v) is 7.53. The predicted molar refractivity (Wildman–Crippen MR) is 79.3 cm³/mol. The Balaban J connectivity index is 2.51. The van der Waals surface area contributed by atoms with E-state index in [9.17, 15) is 0 Å². The maximum Gasteiger partial charge on any atom is 0.187 e. The van der Waals surface area contributed by atoms with Crippen molar-refractivity contribution in [3.63, 3.8) is 0 Å². The lowest BCUT2D eigenvalue weighted by molar-refractivity contribution is 0.522. The van der Waals surface area contributed by atoms with Crippen LogP contribution in [0.2, 0.25) is 0 Å². The molecule has 0 aromatic carbocycles. The third-order valence-electron chi connectivity index (χ3n) is 2.94. The Hall–Kier alpha value is -1.12. The van der Waals surface area contributed by atoms with E-state index in [1.807, 2.05) is 34.6 Å². The van der Waals surface area contributed by atoms with Crippen LogP contribution in [0.4, 0.5) is 0 Å². The first-order valence-electron chi connectivity index (χ1n) is 6.54. The average molecular weight is 278 g/mol. The van der Waals surface area contributed by atoms with Crippen LogP contribution in [-0.4, -0.2) is 27.8 Å². The Labute approximate surface area is 120 Å². The number of aromatic nitrogens is 2. The molecule has 1 N–H and O–H groups in total. The van der Waals surface area contributed by atoms with Crippen LogP contribution in [0, 0.1) is 32.1 Å². The lowest BCUT2D eigenvalue weighted by Gasteiger charge is -2.14. The minimum atomic E-state index is -0.0971. The van der Waals surface area contributed by atoms with Crippen molar-refractivity contribution in [3.05, 3.63) is 17.0 Å². The van der Waals surface area contributed by atoms with Crippen molar-refractivity contribution in [2.45, 2.75) is 58.3 Å². The summed E-state index contributed by atoms with van der Waals surface area (Å²) in [7, 11) is 0. The van der Waals surface area contributed by atoms with E-state index < -0.39 is 0 Å². The number of nitriles is 1. The molecule has 0 radical (unpaired) electrons. The summed E-state index contributed by atoms with van der Waals surface area (Å²) in [5, 5.41) is 13.1. The SMILES string of the molecule is Cc1nc(SCCC(C#N)NC(C)C)nc(C)c1C. The molecule has 0 spiro atoms. The maximum absolute atomic E-state index is 9.04. The van der Waals surface area contributed by atoms with Gasteiger partial charge in [0.15, 0.2) is 5.16 Å². The molecule has 0 fully saturated rings. The Bertz CT molecular complexity index is 442. The van der Waals surface area contributed by atoms with E-state index >= 15 is 0 Å². The molecule has 1 atom stereocenters. The molecule has 1 rings (SSSR count). The Morgan fingerprint density at radius 2 is 1.79 bits per heavy atom. The average Bonchev–Trinajstić information content (AvgIpc) is 2.34. The van der Waals surface area contributed by atoms with Crippen molar-refractivity contribution < 1.29 is 0 Å². The Morgan fingerprint density at radius 3 is 2.26 bits per heavy atom. The minimum Gasteiger partial charge on any atom is -0.300 e. The summed E-state index contributed by atoms with van der Waals surface area (Å²) >= 11 is 1.61. The number of thioether (sulfide) groups is 1. The predicted octanol–water partition coefficient (Wildman–Crippen LogP) is 2.77. The summed E-state index contributed by atoms with van der Waals surface area (Å²) in [6.45, 7) is 10.1. The first kappa shape index (κ1) is 15.9. The highest BCUT2D eigenvalue weighted by molar-refractivity contribution is 7.99. The van der Waals surface area contributed by atoms with E-state index in [1.165, 1.54) is 0 Å². The van der Waals surface area contributed by atoms with Crippen molar-refractivity contribution in [1.29, 1.82) is 5.26 Å². The van der Waals surface area contributed by atoms with Crippen molar-refractivity contribution in [2.75, 3.05) is 5.75 Å². The van der Waals surface area contributed by atoms with Crippen LogP contribution < -0.4 is 5.32 Å². The van der Waals surface area contributed by atoms with Gasteiger partial charge < -0.3 is 0 Å². The van der Waals surface area contributed by atoms with Gasteiger partial charge in [0.1, 0.15) is 0 Å². The normalized spacial score (nSPS) is 12.5. The van der Waals surface area contributed by atoms with Gasteiger partial charge in [-0.15, -0.1) is 0 Å². The molecular formula is C14H22N4S. The summed E-state index contributed by atoms with van der Waals surface area (Å²) in [5.74, 6) is 0.847. The van der Waals surface area contributed by atoms with E-state index in [1.54, 1.807) is 11.8 Å². The van der Waals surface area contributed by atoms with Crippen LogP contribution in [0.5, 0.6) is 0 Å². The van der Waals surface area contributed by atoms with Crippen LogP contribution in [0.3, 0.4) is 0 Å². The first-order chi connectivity index (χ1) is 8.93. The molecule has 1 aromatic heterocycles. The summed E-state index contributed by atoms with van der Waals surface area (Å²) in [6.07, 6.45) is 0.800. The Morgan fingerprint density at radius 1 is 1.21 bits per heavy atom. The largest absolute Gasteiger partial charge is 0.300 e. The zero-order valence-corrected chi connectivity index (χ0v) is 13.1. The molecule has 0 saturated carbocycles. The van der Waals surface area contributed by atoms with Gasteiger partial charge in [0.25, 0.3) is 0 Å². The molecule has 0 aliphatic heterocycles. The lowest BCUT2D eigenvalue weighted by Crippen LogP contribution is -2.33. The number of hydrogen-bond acceptors (Lipinski definition) is 5. The van der Waals surface area contributed by atoms with Gasteiger partial charge in [-0.2, -0.15) is 5.26 Å². The van der Waals surface area contributed by atoms with E-state index in [0.29, 0.717) is 6.04 Å². The van der Waals surface area contributed by atoms with Gasteiger partial charge in [0, 0.05) is 23.2 Å². The van der Waals surface area contributed by atoms with Crippen LogP contribution in [0.25, 0.3) is 0 Å². The number of nitrogens with one attached hydrogen (secondary N) is 1. The molecule has 0 aliphatic rings. The van der Waals surface area contributed by atoms with Gasteiger partial charge in [-0.1, -0.05) is 11.8 Å². The van der Waals surface area contributed by atoms with Crippen LogP contribution in [0.15, 0.2) is 5.16 Å². The van der Waals surface area contributed by atoms with Crippen LogP contribution in [-0.2, 0) is 0 Å². The highest BCUT2D eigenvalue weighted by Crippen LogP contribution is 2.18. The van der Waals surface area contributed by atoms with E-state index in [4.69, 9.17) is 5.26 Å². The monoisotopic (exact) mass is 278 g/mol. The highest BCUT2D eigenvalue weighted by atomic mass is 32.2. The van der Waals surface area contributed by atoms with Gasteiger partial charge in [-0.05, 0) is 46.6 Å². The molecule has 4 nitrogen and oxygen atoms in total. The van der Waals surface area contributed by atoms with Crippen molar-refractivity contribution in [2.24, 2.45) is 0 Å². The van der Waals surface area contributed by atoms with Crippen molar-refractivity contribution >= 4 is 11.8 Å². The second-order valence-electron chi connectivity index (χ2n) is 4.94. The van der Waals surface area contributed by atoms with E-state index in [-0.39, 0.29) is 6.04 Å². The molecule has 0 saturated heterocycles. The van der Waals surface area contributed by atoms with E-state index in [0.717, 1.165) is 34.3 Å². The summed E-state index contributed by atoms with van der Waals surface area (Å²) in [5.41, 5.74) is 3.22. The molecule has 0 amide bonds. The number of nitrogens with zero attached hydrogens (tertiary/aromatic N) is 3. The number of rotatable bonds is 6. The second-order valence-corrected chi connectivity index (χ2v) is 6.00. The summed E-state index contributed by atoms with van der Waals surface area (Å²) < 4.78 is 0. The fourth-order valence-corrected chi connectivity index (χ4v) is 2.60. The molecule has 1 heterocycles. The highest BCUT2D eigenvalue weighted by Gasteiger charge is 2.10. The molecule has 0 bridgehead atoms. The third-order valence-corrected chi connectivity index (χ3v) is 3.82. The standard InChI is InChI=1S/C14H22N4S/c1-9(2)16-13(8-15)6-7-19-14-17-11(4)10(3)12(5)18-14/h9,13,16H,6-7H2,1-5H3. The number of aryl methyl sites for hydroxylation is 2. The molecule has 104 valence electrons. The topological polar surface area (TPSA) is 61.6 Å². The van der Waals surface area contributed by atoms with Gasteiger partial charge in [0.2, 0.25) is 0 Å². The second kappa shape index (κ2) is 7.46. The van der Waals surface area contributed by atoms with Crippen LogP contribution in [0.1, 0.15) is 37.2 Å². The molecule has 1 unspecified atom stereocenters. The molecule has 19 heavy (non-hydrogen) atoms. The van der Waals surface area contributed by atoms with Crippen molar-refractivity contribution in [1.82, 2.24) is 15.3 Å².